The Hall–Kier alpha value is -1.85. The molecule has 0 atom stereocenters. The van der Waals surface area contributed by atoms with Crippen LogP contribution in [0.15, 0.2) is 54.6 Å². The normalized spacial score (nSPS) is 16.4. The van der Waals surface area contributed by atoms with Crippen LogP contribution in [-0.2, 0) is 10.2 Å². The first-order chi connectivity index (χ1) is 10.6. The molecule has 0 aliphatic carbocycles. The molecule has 0 amide bonds. The molecule has 2 aromatic carbocycles. The van der Waals surface area contributed by atoms with Crippen LogP contribution in [0.3, 0.4) is 0 Å². The zero-order valence-electron chi connectivity index (χ0n) is 12.4. The number of piperidine rings is 1. The molecule has 1 aliphatic rings. The smallest absolute Gasteiger partial charge is 0.271 e. The zero-order valence-corrected chi connectivity index (χ0v) is 13.2. The van der Waals surface area contributed by atoms with Crippen LogP contribution in [0.1, 0.15) is 19.3 Å². The highest BCUT2D eigenvalue weighted by Gasteiger charge is 2.23. The van der Waals surface area contributed by atoms with Crippen molar-refractivity contribution < 1.29 is 8.42 Å². The molecular formula is C17H20N2O2S. The van der Waals surface area contributed by atoms with Crippen molar-refractivity contribution >= 4 is 15.9 Å². The van der Waals surface area contributed by atoms with Crippen molar-refractivity contribution in [2.75, 3.05) is 17.8 Å². The predicted molar refractivity (Wildman–Crippen MR) is 89.8 cm³/mol. The Balaban J connectivity index is 1.73. The maximum Gasteiger partial charge on any atom is 0.301 e. The summed E-state index contributed by atoms with van der Waals surface area (Å²) in [5.41, 5.74) is 2.79. The van der Waals surface area contributed by atoms with Crippen LogP contribution in [0.5, 0.6) is 0 Å². The van der Waals surface area contributed by atoms with Gasteiger partial charge in [0.1, 0.15) is 0 Å². The standard InChI is InChI=1S/C17H20N2O2S/c20-22(21,19-13-5-2-6-14-19)18-17-11-9-16(10-12-17)15-7-3-1-4-8-15/h1,3-4,7-12,18H,2,5-6,13-14H2. The number of benzene rings is 2. The Kier molecular flexibility index (Phi) is 4.45. The first-order valence-electron chi connectivity index (χ1n) is 7.58. The van der Waals surface area contributed by atoms with E-state index in [9.17, 15) is 8.42 Å². The Morgan fingerprint density at radius 1 is 0.773 bits per heavy atom. The average molecular weight is 316 g/mol. The van der Waals surface area contributed by atoms with Gasteiger partial charge in [-0.2, -0.15) is 12.7 Å². The fraction of sp³-hybridized carbons (Fsp3) is 0.294. The Morgan fingerprint density at radius 2 is 1.36 bits per heavy atom. The van der Waals surface area contributed by atoms with Gasteiger partial charge in [0.25, 0.3) is 0 Å². The number of nitrogens with zero attached hydrogens (tertiary/aromatic N) is 1. The van der Waals surface area contributed by atoms with E-state index in [2.05, 4.69) is 4.72 Å². The second kappa shape index (κ2) is 6.50. The van der Waals surface area contributed by atoms with E-state index in [-0.39, 0.29) is 0 Å². The molecule has 0 saturated carbocycles. The van der Waals surface area contributed by atoms with Crippen molar-refractivity contribution in [1.82, 2.24) is 4.31 Å². The molecule has 0 unspecified atom stereocenters. The van der Waals surface area contributed by atoms with E-state index >= 15 is 0 Å². The van der Waals surface area contributed by atoms with Crippen molar-refractivity contribution in [3.8, 4) is 11.1 Å². The molecule has 4 nitrogen and oxygen atoms in total. The van der Waals surface area contributed by atoms with Gasteiger partial charge in [-0.05, 0) is 36.1 Å². The third kappa shape index (κ3) is 3.48. The number of anilines is 1. The summed E-state index contributed by atoms with van der Waals surface area (Å²) < 4.78 is 28.8. The van der Waals surface area contributed by atoms with Crippen molar-refractivity contribution in [1.29, 1.82) is 0 Å². The van der Waals surface area contributed by atoms with E-state index in [4.69, 9.17) is 0 Å². The van der Waals surface area contributed by atoms with Gasteiger partial charge in [-0.25, -0.2) is 0 Å². The molecule has 1 heterocycles. The van der Waals surface area contributed by atoms with Crippen LogP contribution in [-0.4, -0.2) is 25.8 Å². The van der Waals surface area contributed by atoms with Crippen molar-refractivity contribution in [2.24, 2.45) is 0 Å². The molecule has 0 aromatic heterocycles. The van der Waals surface area contributed by atoms with Gasteiger partial charge in [0.2, 0.25) is 0 Å². The van der Waals surface area contributed by atoms with Gasteiger partial charge in [0, 0.05) is 18.8 Å². The van der Waals surface area contributed by atoms with Crippen LogP contribution in [0, 0.1) is 0 Å². The molecule has 1 saturated heterocycles. The molecule has 1 aliphatic heterocycles. The quantitative estimate of drug-likeness (QED) is 0.938. The summed E-state index contributed by atoms with van der Waals surface area (Å²) in [6.45, 7) is 1.22. The second-order valence-corrected chi connectivity index (χ2v) is 7.18. The van der Waals surface area contributed by atoms with Gasteiger partial charge in [-0.1, -0.05) is 48.9 Å². The summed E-state index contributed by atoms with van der Waals surface area (Å²) in [6, 6.07) is 17.5. The minimum Gasteiger partial charge on any atom is -0.271 e. The minimum absolute atomic E-state index is 0.602. The highest BCUT2D eigenvalue weighted by atomic mass is 32.2. The fourth-order valence-electron chi connectivity index (χ4n) is 2.68. The molecule has 0 bridgehead atoms. The van der Waals surface area contributed by atoms with Crippen molar-refractivity contribution in [3.63, 3.8) is 0 Å². The third-order valence-corrected chi connectivity index (χ3v) is 5.43. The maximum atomic E-state index is 12.3. The van der Waals surface area contributed by atoms with E-state index in [1.54, 1.807) is 0 Å². The third-order valence-electron chi connectivity index (χ3n) is 3.89. The van der Waals surface area contributed by atoms with Crippen LogP contribution in [0.2, 0.25) is 0 Å². The van der Waals surface area contributed by atoms with Crippen molar-refractivity contribution in [3.05, 3.63) is 54.6 Å². The van der Waals surface area contributed by atoms with E-state index < -0.39 is 10.2 Å². The lowest BCUT2D eigenvalue weighted by Crippen LogP contribution is -2.39. The molecule has 5 heteroatoms. The summed E-state index contributed by atoms with van der Waals surface area (Å²) in [4.78, 5) is 0. The fourth-order valence-corrected chi connectivity index (χ4v) is 3.98. The summed E-state index contributed by atoms with van der Waals surface area (Å²) in [5.74, 6) is 0. The molecule has 116 valence electrons. The summed E-state index contributed by atoms with van der Waals surface area (Å²) in [5, 5.41) is 0. The summed E-state index contributed by atoms with van der Waals surface area (Å²) in [7, 11) is -3.43. The average Bonchev–Trinajstić information content (AvgIpc) is 2.57. The lowest BCUT2D eigenvalue weighted by Gasteiger charge is -2.26. The lowest BCUT2D eigenvalue weighted by atomic mass is 10.1. The minimum atomic E-state index is -3.43. The molecule has 0 spiro atoms. The van der Waals surface area contributed by atoms with Gasteiger partial charge >= 0.3 is 10.2 Å². The second-order valence-electron chi connectivity index (χ2n) is 5.51. The number of hydrogen-bond acceptors (Lipinski definition) is 2. The Bertz CT molecular complexity index is 706. The summed E-state index contributed by atoms with van der Waals surface area (Å²) >= 11 is 0. The van der Waals surface area contributed by atoms with Gasteiger partial charge in [0.05, 0.1) is 0 Å². The summed E-state index contributed by atoms with van der Waals surface area (Å²) in [6.07, 6.45) is 2.99. The lowest BCUT2D eigenvalue weighted by molar-refractivity contribution is 0.349. The first kappa shape index (κ1) is 15.1. The Morgan fingerprint density at radius 3 is 2.00 bits per heavy atom. The van der Waals surface area contributed by atoms with E-state index in [0.29, 0.717) is 18.8 Å². The highest BCUT2D eigenvalue weighted by Crippen LogP contribution is 2.22. The van der Waals surface area contributed by atoms with E-state index in [0.717, 1.165) is 30.4 Å². The maximum absolute atomic E-state index is 12.3. The Labute approximate surface area is 132 Å². The monoisotopic (exact) mass is 316 g/mol. The van der Waals surface area contributed by atoms with Gasteiger partial charge in [-0.15, -0.1) is 0 Å². The van der Waals surface area contributed by atoms with E-state index in [1.807, 2.05) is 54.6 Å². The van der Waals surface area contributed by atoms with Crippen LogP contribution in [0.25, 0.3) is 11.1 Å². The highest BCUT2D eigenvalue weighted by molar-refractivity contribution is 7.90. The van der Waals surface area contributed by atoms with E-state index in [1.165, 1.54) is 4.31 Å². The number of rotatable bonds is 4. The van der Waals surface area contributed by atoms with Crippen molar-refractivity contribution in [2.45, 2.75) is 19.3 Å². The van der Waals surface area contributed by atoms with Gasteiger partial charge in [-0.3, -0.25) is 4.72 Å². The molecule has 3 rings (SSSR count). The largest absolute Gasteiger partial charge is 0.301 e. The van der Waals surface area contributed by atoms with Gasteiger partial charge < -0.3 is 0 Å². The first-order valence-corrected chi connectivity index (χ1v) is 9.02. The topological polar surface area (TPSA) is 49.4 Å². The molecule has 2 aromatic rings. The van der Waals surface area contributed by atoms with Crippen LogP contribution >= 0.6 is 0 Å². The zero-order chi connectivity index (χ0) is 15.4. The molecule has 1 N–H and O–H groups in total. The predicted octanol–water partition coefficient (Wildman–Crippen LogP) is 3.50. The molecular weight excluding hydrogens is 296 g/mol. The molecule has 1 fully saturated rings. The van der Waals surface area contributed by atoms with Crippen LogP contribution in [0.4, 0.5) is 5.69 Å². The molecule has 22 heavy (non-hydrogen) atoms. The molecule has 0 radical (unpaired) electrons. The van der Waals surface area contributed by atoms with Crippen LogP contribution < -0.4 is 4.72 Å². The SMILES string of the molecule is O=S(=O)(Nc1ccc(-c2ccccc2)cc1)N1CCCCC1. The number of nitrogens with one attached hydrogen (secondary N) is 1. The number of hydrogen-bond donors (Lipinski definition) is 1. The van der Waals surface area contributed by atoms with Gasteiger partial charge in [0.15, 0.2) is 0 Å².